The largest absolute Gasteiger partial charge is 0.370 e. The molecule has 2 fully saturated rings. The van der Waals surface area contributed by atoms with Gasteiger partial charge in [0.25, 0.3) is 0 Å². The summed E-state index contributed by atoms with van der Waals surface area (Å²) in [6.07, 6.45) is 8.58. The molecule has 1 aliphatic heterocycles. The molecule has 104 valence electrons. The van der Waals surface area contributed by atoms with Gasteiger partial charge in [0, 0.05) is 24.7 Å². The standard InChI is InChI=1S/C15H24N4/c1-3-16-14-11(2)15(18-10-17-14)19-9-8-12-6-4-5-7-13(12)19/h10,12-13H,3-9H2,1-2H3,(H,16,17,18). The first-order valence-corrected chi connectivity index (χ1v) is 7.63. The van der Waals surface area contributed by atoms with Crippen LogP contribution in [-0.4, -0.2) is 29.1 Å². The number of fused-ring (bicyclic) bond motifs is 1. The fourth-order valence-corrected chi connectivity index (χ4v) is 3.74. The van der Waals surface area contributed by atoms with Gasteiger partial charge in [-0.05, 0) is 39.0 Å². The summed E-state index contributed by atoms with van der Waals surface area (Å²) in [4.78, 5) is 11.5. The van der Waals surface area contributed by atoms with Crippen molar-refractivity contribution in [3.05, 3.63) is 11.9 Å². The minimum Gasteiger partial charge on any atom is -0.370 e. The molecule has 2 heterocycles. The van der Waals surface area contributed by atoms with Crippen molar-refractivity contribution in [2.24, 2.45) is 5.92 Å². The molecule has 0 radical (unpaired) electrons. The van der Waals surface area contributed by atoms with Crippen LogP contribution in [0.1, 0.15) is 44.6 Å². The van der Waals surface area contributed by atoms with Gasteiger partial charge in [-0.3, -0.25) is 0 Å². The third kappa shape index (κ3) is 2.28. The van der Waals surface area contributed by atoms with Gasteiger partial charge in [-0.1, -0.05) is 12.8 Å². The van der Waals surface area contributed by atoms with Gasteiger partial charge in [-0.2, -0.15) is 0 Å². The van der Waals surface area contributed by atoms with E-state index in [1.165, 1.54) is 44.2 Å². The van der Waals surface area contributed by atoms with Crippen LogP contribution < -0.4 is 10.2 Å². The Bertz CT molecular complexity index is 446. The number of nitrogens with zero attached hydrogens (tertiary/aromatic N) is 3. The first-order valence-electron chi connectivity index (χ1n) is 7.63. The van der Waals surface area contributed by atoms with E-state index in [1.807, 2.05) is 0 Å². The molecule has 2 aliphatic rings. The summed E-state index contributed by atoms with van der Waals surface area (Å²) in [5.41, 5.74) is 1.20. The lowest BCUT2D eigenvalue weighted by molar-refractivity contribution is 0.341. The predicted molar refractivity (Wildman–Crippen MR) is 78.6 cm³/mol. The monoisotopic (exact) mass is 260 g/mol. The van der Waals surface area contributed by atoms with Crippen molar-refractivity contribution in [3.63, 3.8) is 0 Å². The van der Waals surface area contributed by atoms with Gasteiger partial charge in [0.15, 0.2) is 0 Å². The predicted octanol–water partition coefficient (Wildman–Crippen LogP) is 2.99. The molecule has 1 saturated heterocycles. The van der Waals surface area contributed by atoms with E-state index < -0.39 is 0 Å². The summed E-state index contributed by atoms with van der Waals surface area (Å²) in [5.74, 6) is 3.04. The van der Waals surface area contributed by atoms with E-state index >= 15 is 0 Å². The summed E-state index contributed by atoms with van der Waals surface area (Å²) in [5, 5.41) is 3.33. The molecule has 2 atom stereocenters. The smallest absolute Gasteiger partial charge is 0.137 e. The number of anilines is 2. The molecule has 4 nitrogen and oxygen atoms in total. The summed E-state index contributed by atoms with van der Waals surface area (Å²) in [7, 11) is 0. The first kappa shape index (κ1) is 12.7. The molecule has 1 aromatic heterocycles. The Hall–Kier alpha value is -1.32. The fourth-order valence-electron chi connectivity index (χ4n) is 3.74. The average molecular weight is 260 g/mol. The maximum absolute atomic E-state index is 4.57. The molecule has 2 unspecified atom stereocenters. The molecule has 1 saturated carbocycles. The minimum atomic E-state index is 0.719. The molecule has 0 bridgehead atoms. The molecule has 0 aromatic carbocycles. The molecule has 3 rings (SSSR count). The van der Waals surface area contributed by atoms with Gasteiger partial charge in [0.05, 0.1) is 0 Å². The molecular weight excluding hydrogens is 236 g/mol. The maximum atomic E-state index is 4.57. The van der Waals surface area contributed by atoms with Crippen molar-refractivity contribution < 1.29 is 0 Å². The van der Waals surface area contributed by atoms with E-state index in [0.29, 0.717) is 0 Å². The van der Waals surface area contributed by atoms with E-state index in [-0.39, 0.29) is 0 Å². The lowest BCUT2D eigenvalue weighted by Gasteiger charge is -2.33. The van der Waals surface area contributed by atoms with Gasteiger partial charge < -0.3 is 10.2 Å². The second-order valence-corrected chi connectivity index (χ2v) is 5.80. The van der Waals surface area contributed by atoms with Gasteiger partial charge >= 0.3 is 0 Å². The summed E-state index contributed by atoms with van der Waals surface area (Å²) in [6, 6.07) is 0.719. The van der Waals surface area contributed by atoms with Crippen LogP contribution in [0.4, 0.5) is 11.6 Å². The van der Waals surface area contributed by atoms with E-state index in [1.54, 1.807) is 6.33 Å². The lowest BCUT2D eigenvalue weighted by Crippen LogP contribution is -2.35. The molecular formula is C15H24N4. The zero-order chi connectivity index (χ0) is 13.2. The zero-order valence-corrected chi connectivity index (χ0v) is 12.0. The fraction of sp³-hybridized carbons (Fsp3) is 0.733. The summed E-state index contributed by atoms with van der Waals surface area (Å²) in [6.45, 7) is 6.32. The van der Waals surface area contributed by atoms with Crippen LogP contribution in [0.15, 0.2) is 6.33 Å². The van der Waals surface area contributed by atoms with Crippen molar-refractivity contribution in [1.82, 2.24) is 9.97 Å². The molecule has 0 spiro atoms. The molecule has 0 amide bonds. The Morgan fingerprint density at radius 1 is 1.26 bits per heavy atom. The van der Waals surface area contributed by atoms with Gasteiger partial charge in [0.2, 0.25) is 0 Å². The number of rotatable bonds is 3. The maximum Gasteiger partial charge on any atom is 0.137 e. The highest BCUT2D eigenvalue weighted by atomic mass is 15.2. The SMILES string of the molecule is CCNc1ncnc(N2CCC3CCCCC32)c1C. The lowest BCUT2D eigenvalue weighted by atomic mass is 9.85. The normalized spacial score (nSPS) is 26.3. The second kappa shape index (κ2) is 5.35. The molecule has 1 N–H and O–H groups in total. The quantitative estimate of drug-likeness (QED) is 0.907. The molecule has 1 aliphatic carbocycles. The Morgan fingerprint density at radius 3 is 2.95 bits per heavy atom. The highest BCUT2D eigenvalue weighted by Gasteiger charge is 2.37. The van der Waals surface area contributed by atoms with Crippen LogP contribution in [0.3, 0.4) is 0 Å². The van der Waals surface area contributed by atoms with Gasteiger partial charge in [-0.25, -0.2) is 9.97 Å². The van der Waals surface area contributed by atoms with Gasteiger partial charge in [0.1, 0.15) is 18.0 Å². The highest BCUT2D eigenvalue weighted by molar-refractivity contribution is 5.59. The van der Waals surface area contributed by atoms with E-state index in [0.717, 1.165) is 30.1 Å². The third-order valence-electron chi connectivity index (χ3n) is 4.68. The van der Waals surface area contributed by atoms with Crippen LogP contribution in [-0.2, 0) is 0 Å². The van der Waals surface area contributed by atoms with Crippen molar-refractivity contribution >= 4 is 11.6 Å². The first-order chi connectivity index (χ1) is 9.31. The Kier molecular flexibility index (Phi) is 3.58. The average Bonchev–Trinajstić information content (AvgIpc) is 2.85. The topological polar surface area (TPSA) is 41.1 Å². The number of aromatic nitrogens is 2. The van der Waals surface area contributed by atoms with Crippen LogP contribution in [0.2, 0.25) is 0 Å². The molecule has 1 aromatic rings. The van der Waals surface area contributed by atoms with E-state index in [9.17, 15) is 0 Å². The second-order valence-electron chi connectivity index (χ2n) is 5.80. The van der Waals surface area contributed by atoms with Crippen LogP contribution >= 0.6 is 0 Å². The summed E-state index contributed by atoms with van der Waals surface area (Å²) < 4.78 is 0. The van der Waals surface area contributed by atoms with E-state index in [4.69, 9.17) is 0 Å². The Balaban J connectivity index is 1.87. The zero-order valence-electron chi connectivity index (χ0n) is 12.0. The Morgan fingerprint density at radius 2 is 2.11 bits per heavy atom. The summed E-state index contributed by atoms with van der Waals surface area (Å²) >= 11 is 0. The Labute approximate surface area is 115 Å². The molecule has 4 heteroatoms. The van der Waals surface area contributed by atoms with E-state index in [2.05, 4.69) is 34.0 Å². The van der Waals surface area contributed by atoms with Crippen molar-refractivity contribution in [2.75, 3.05) is 23.3 Å². The molecule has 19 heavy (non-hydrogen) atoms. The van der Waals surface area contributed by atoms with Crippen LogP contribution in [0.25, 0.3) is 0 Å². The number of hydrogen-bond acceptors (Lipinski definition) is 4. The highest BCUT2D eigenvalue weighted by Crippen LogP contribution is 2.39. The third-order valence-corrected chi connectivity index (χ3v) is 4.68. The van der Waals surface area contributed by atoms with Crippen LogP contribution in [0.5, 0.6) is 0 Å². The van der Waals surface area contributed by atoms with Crippen molar-refractivity contribution in [1.29, 1.82) is 0 Å². The van der Waals surface area contributed by atoms with Crippen LogP contribution in [0, 0.1) is 12.8 Å². The number of nitrogens with one attached hydrogen (secondary N) is 1. The minimum absolute atomic E-state index is 0.719. The van der Waals surface area contributed by atoms with Crippen molar-refractivity contribution in [3.8, 4) is 0 Å². The van der Waals surface area contributed by atoms with Gasteiger partial charge in [-0.15, -0.1) is 0 Å². The number of hydrogen-bond donors (Lipinski definition) is 1. The van der Waals surface area contributed by atoms with Crippen molar-refractivity contribution in [2.45, 2.75) is 52.0 Å².